The van der Waals surface area contributed by atoms with Crippen molar-refractivity contribution in [3.05, 3.63) is 29.3 Å². The molecule has 1 unspecified atom stereocenters. The lowest BCUT2D eigenvalue weighted by molar-refractivity contribution is -0.138. The average molecular weight is 312 g/mol. The molecule has 118 valence electrons. The third-order valence-corrected chi connectivity index (χ3v) is 3.80. The molecule has 0 saturated heterocycles. The van der Waals surface area contributed by atoms with Crippen LogP contribution in [0.15, 0.2) is 24.3 Å². The van der Waals surface area contributed by atoms with E-state index in [1.165, 1.54) is 32.1 Å². The van der Waals surface area contributed by atoms with Gasteiger partial charge in [0.15, 0.2) is 0 Å². The van der Waals surface area contributed by atoms with E-state index in [1.54, 1.807) is 12.1 Å². The predicted octanol–water partition coefficient (Wildman–Crippen LogP) is 5.35. The summed E-state index contributed by atoms with van der Waals surface area (Å²) in [6, 6.07) is 6.64. The van der Waals surface area contributed by atoms with Gasteiger partial charge in [-0.1, -0.05) is 69.5 Å². The minimum absolute atomic E-state index is 0.542. The smallest absolute Gasteiger partial charge is 0.326 e. The summed E-state index contributed by atoms with van der Waals surface area (Å²) < 4.78 is 0. The Bertz CT molecular complexity index is 423. The molecular formula is C17H26ClNO2. The van der Waals surface area contributed by atoms with Crippen molar-refractivity contribution in [1.82, 2.24) is 0 Å². The van der Waals surface area contributed by atoms with Gasteiger partial charge in [0.2, 0.25) is 0 Å². The largest absolute Gasteiger partial charge is 0.480 e. The Morgan fingerprint density at radius 3 is 2.48 bits per heavy atom. The molecule has 0 aliphatic carbocycles. The lowest BCUT2D eigenvalue weighted by Crippen LogP contribution is -2.29. The minimum Gasteiger partial charge on any atom is -0.480 e. The van der Waals surface area contributed by atoms with Crippen LogP contribution in [-0.4, -0.2) is 17.1 Å². The zero-order chi connectivity index (χ0) is 15.5. The number of rotatable bonds is 11. The van der Waals surface area contributed by atoms with Crippen molar-refractivity contribution < 1.29 is 9.90 Å². The molecule has 0 fully saturated rings. The van der Waals surface area contributed by atoms with Crippen LogP contribution in [0.5, 0.6) is 0 Å². The zero-order valence-corrected chi connectivity index (χ0v) is 13.5. The maximum Gasteiger partial charge on any atom is 0.326 e. The fourth-order valence-corrected chi connectivity index (χ4v) is 2.53. The topological polar surface area (TPSA) is 49.3 Å². The maximum atomic E-state index is 11.3. The van der Waals surface area contributed by atoms with Crippen molar-refractivity contribution in [3.8, 4) is 0 Å². The highest BCUT2D eigenvalue weighted by molar-refractivity contribution is 6.30. The second kappa shape index (κ2) is 10.5. The Hall–Kier alpha value is -1.22. The van der Waals surface area contributed by atoms with E-state index in [0.29, 0.717) is 11.4 Å². The first-order chi connectivity index (χ1) is 10.1. The van der Waals surface area contributed by atoms with E-state index in [4.69, 9.17) is 11.6 Å². The molecule has 1 aromatic rings. The second-order valence-corrected chi connectivity index (χ2v) is 5.89. The van der Waals surface area contributed by atoms with Crippen LogP contribution in [0.1, 0.15) is 58.3 Å². The summed E-state index contributed by atoms with van der Waals surface area (Å²) in [5.74, 6) is -0.805. The summed E-state index contributed by atoms with van der Waals surface area (Å²) >= 11 is 5.91. The average Bonchev–Trinajstić information content (AvgIpc) is 2.45. The Balaban J connectivity index is 2.29. The molecule has 1 rings (SSSR count). The Kier molecular flexibility index (Phi) is 8.91. The third-order valence-electron chi connectivity index (χ3n) is 3.56. The van der Waals surface area contributed by atoms with Crippen LogP contribution in [0, 0.1) is 0 Å². The molecule has 0 aliphatic heterocycles. The summed E-state index contributed by atoms with van der Waals surface area (Å²) in [6.45, 7) is 2.21. The first-order valence-electron chi connectivity index (χ1n) is 7.88. The van der Waals surface area contributed by atoms with E-state index in [-0.39, 0.29) is 0 Å². The summed E-state index contributed by atoms with van der Waals surface area (Å²) in [7, 11) is 0. The van der Waals surface area contributed by atoms with Crippen LogP contribution in [0.3, 0.4) is 0 Å². The van der Waals surface area contributed by atoms with Gasteiger partial charge in [-0.15, -0.1) is 0 Å². The van der Waals surface area contributed by atoms with Crippen molar-refractivity contribution >= 4 is 23.3 Å². The van der Waals surface area contributed by atoms with Crippen LogP contribution < -0.4 is 5.32 Å². The van der Waals surface area contributed by atoms with Gasteiger partial charge in [0.05, 0.1) is 0 Å². The lowest BCUT2D eigenvalue weighted by Gasteiger charge is -2.15. The van der Waals surface area contributed by atoms with E-state index in [2.05, 4.69) is 12.2 Å². The van der Waals surface area contributed by atoms with Gasteiger partial charge in [0.25, 0.3) is 0 Å². The highest BCUT2D eigenvalue weighted by Gasteiger charge is 2.16. The number of halogens is 1. The normalized spacial score (nSPS) is 12.1. The van der Waals surface area contributed by atoms with Gasteiger partial charge in [-0.3, -0.25) is 0 Å². The van der Waals surface area contributed by atoms with Crippen molar-refractivity contribution in [3.63, 3.8) is 0 Å². The molecule has 0 aromatic heterocycles. The van der Waals surface area contributed by atoms with Gasteiger partial charge in [0.1, 0.15) is 6.04 Å². The molecule has 0 spiro atoms. The molecule has 1 aromatic carbocycles. The molecule has 0 saturated carbocycles. The summed E-state index contributed by atoms with van der Waals surface area (Å²) in [5, 5.41) is 12.9. The van der Waals surface area contributed by atoms with E-state index < -0.39 is 12.0 Å². The van der Waals surface area contributed by atoms with Gasteiger partial charge in [-0.05, 0) is 24.6 Å². The summed E-state index contributed by atoms with van der Waals surface area (Å²) in [5.41, 5.74) is 0.762. The summed E-state index contributed by atoms with van der Waals surface area (Å²) in [6.07, 6.45) is 8.99. The fraction of sp³-hybridized carbons (Fsp3) is 0.588. The van der Waals surface area contributed by atoms with Gasteiger partial charge >= 0.3 is 5.97 Å². The van der Waals surface area contributed by atoms with Gasteiger partial charge in [-0.2, -0.15) is 0 Å². The minimum atomic E-state index is -0.805. The standard InChI is InChI=1S/C17H26ClNO2/c1-2-3-4-5-6-7-8-12-16(17(20)21)19-15-11-9-10-14(18)13-15/h9-11,13,16,19H,2-8,12H2,1H3,(H,20,21). The molecule has 0 amide bonds. The molecule has 4 heteroatoms. The van der Waals surface area contributed by atoms with Crippen LogP contribution >= 0.6 is 11.6 Å². The SMILES string of the molecule is CCCCCCCCCC(Nc1cccc(Cl)c1)C(=O)O. The van der Waals surface area contributed by atoms with Crippen molar-refractivity contribution in [1.29, 1.82) is 0 Å². The van der Waals surface area contributed by atoms with E-state index in [0.717, 1.165) is 18.5 Å². The Labute approximate surface area is 132 Å². The van der Waals surface area contributed by atoms with Crippen LogP contribution in [-0.2, 0) is 4.79 Å². The van der Waals surface area contributed by atoms with Gasteiger partial charge < -0.3 is 10.4 Å². The first kappa shape index (κ1) is 17.8. The number of aliphatic carboxylic acids is 1. The molecule has 3 nitrogen and oxygen atoms in total. The predicted molar refractivity (Wildman–Crippen MR) is 89.1 cm³/mol. The number of carboxylic acid groups (broad SMARTS) is 1. The van der Waals surface area contributed by atoms with Crippen LogP contribution in [0.4, 0.5) is 5.69 Å². The van der Waals surface area contributed by atoms with Crippen molar-refractivity contribution in [2.75, 3.05) is 5.32 Å². The Morgan fingerprint density at radius 2 is 1.86 bits per heavy atom. The maximum absolute atomic E-state index is 11.3. The first-order valence-corrected chi connectivity index (χ1v) is 8.26. The third kappa shape index (κ3) is 7.96. The van der Waals surface area contributed by atoms with Gasteiger partial charge in [-0.25, -0.2) is 4.79 Å². The fourth-order valence-electron chi connectivity index (χ4n) is 2.34. The highest BCUT2D eigenvalue weighted by atomic mass is 35.5. The quantitative estimate of drug-likeness (QED) is 0.542. The molecule has 2 N–H and O–H groups in total. The number of nitrogens with one attached hydrogen (secondary N) is 1. The number of benzene rings is 1. The molecule has 0 heterocycles. The Morgan fingerprint density at radius 1 is 1.19 bits per heavy atom. The molecular weight excluding hydrogens is 286 g/mol. The number of hydrogen-bond acceptors (Lipinski definition) is 2. The van der Waals surface area contributed by atoms with E-state index in [9.17, 15) is 9.90 Å². The summed E-state index contributed by atoms with van der Waals surface area (Å²) in [4.78, 5) is 11.3. The number of hydrogen-bond donors (Lipinski definition) is 2. The van der Waals surface area contributed by atoms with E-state index in [1.807, 2.05) is 12.1 Å². The number of unbranched alkanes of at least 4 members (excludes halogenated alkanes) is 6. The monoisotopic (exact) mass is 311 g/mol. The molecule has 0 aliphatic rings. The van der Waals surface area contributed by atoms with Crippen LogP contribution in [0.2, 0.25) is 5.02 Å². The number of anilines is 1. The molecule has 21 heavy (non-hydrogen) atoms. The number of carboxylic acids is 1. The second-order valence-electron chi connectivity index (χ2n) is 5.46. The van der Waals surface area contributed by atoms with Crippen LogP contribution in [0.25, 0.3) is 0 Å². The van der Waals surface area contributed by atoms with E-state index >= 15 is 0 Å². The van der Waals surface area contributed by atoms with Crippen molar-refractivity contribution in [2.24, 2.45) is 0 Å². The van der Waals surface area contributed by atoms with Gasteiger partial charge in [0, 0.05) is 10.7 Å². The highest BCUT2D eigenvalue weighted by Crippen LogP contribution is 2.18. The zero-order valence-electron chi connectivity index (χ0n) is 12.8. The molecule has 1 atom stereocenters. The molecule has 0 radical (unpaired) electrons. The molecule has 0 bridgehead atoms. The van der Waals surface area contributed by atoms with Crippen molar-refractivity contribution in [2.45, 2.75) is 64.3 Å². The number of carbonyl (C=O) groups is 1. The lowest BCUT2D eigenvalue weighted by atomic mass is 10.0.